The number of anilines is 1. The fourth-order valence-electron chi connectivity index (χ4n) is 2.58. The third-order valence-corrected chi connectivity index (χ3v) is 5.34. The molecule has 3 rings (SSSR count). The van der Waals surface area contributed by atoms with Gasteiger partial charge in [-0.2, -0.15) is 0 Å². The lowest BCUT2D eigenvalue weighted by Gasteiger charge is -2.14. The molecule has 1 amide bonds. The number of ether oxygens (including phenoxy) is 2. The van der Waals surface area contributed by atoms with Gasteiger partial charge in [0, 0.05) is 12.7 Å². The Balaban J connectivity index is 1.86. The van der Waals surface area contributed by atoms with Crippen molar-refractivity contribution in [3.05, 3.63) is 48.0 Å². The van der Waals surface area contributed by atoms with Gasteiger partial charge in [0.2, 0.25) is 0 Å². The molecule has 1 aliphatic rings. The molecule has 138 valence electrons. The average molecular weight is 376 g/mol. The SMILES string of the molecule is CCOc1ccc(S(=O)(=O)Nc2ccc3c(c2)C(=O)N(C)CCO3)cc1. The summed E-state index contributed by atoms with van der Waals surface area (Å²) in [5.41, 5.74) is 0.627. The van der Waals surface area contributed by atoms with E-state index >= 15 is 0 Å². The molecule has 0 spiro atoms. The number of rotatable bonds is 5. The van der Waals surface area contributed by atoms with Crippen LogP contribution in [0.2, 0.25) is 0 Å². The van der Waals surface area contributed by atoms with Gasteiger partial charge >= 0.3 is 0 Å². The summed E-state index contributed by atoms with van der Waals surface area (Å²) in [6, 6.07) is 10.8. The number of hydrogen-bond donors (Lipinski definition) is 1. The number of fused-ring (bicyclic) bond motifs is 1. The Hall–Kier alpha value is -2.74. The maximum absolute atomic E-state index is 12.6. The van der Waals surface area contributed by atoms with Gasteiger partial charge in [-0.05, 0) is 49.4 Å². The fourth-order valence-corrected chi connectivity index (χ4v) is 3.63. The highest BCUT2D eigenvalue weighted by atomic mass is 32.2. The van der Waals surface area contributed by atoms with Crippen molar-refractivity contribution >= 4 is 21.6 Å². The molecular weight excluding hydrogens is 356 g/mol. The highest BCUT2D eigenvalue weighted by Gasteiger charge is 2.22. The Morgan fingerprint density at radius 1 is 1.19 bits per heavy atom. The normalized spacial score (nSPS) is 14.2. The first-order valence-electron chi connectivity index (χ1n) is 8.18. The summed E-state index contributed by atoms with van der Waals surface area (Å²) >= 11 is 0. The zero-order valence-corrected chi connectivity index (χ0v) is 15.4. The number of benzene rings is 2. The van der Waals surface area contributed by atoms with Crippen LogP contribution in [0.3, 0.4) is 0 Å². The number of carbonyl (C=O) groups excluding carboxylic acids is 1. The van der Waals surface area contributed by atoms with Crippen molar-refractivity contribution in [1.29, 1.82) is 0 Å². The van der Waals surface area contributed by atoms with Crippen molar-refractivity contribution in [3.8, 4) is 11.5 Å². The molecule has 1 heterocycles. The van der Waals surface area contributed by atoms with Crippen molar-refractivity contribution in [2.75, 3.05) is 31.5 Å². The molecule has 1 aliphatic heterocycles. The molecule has 0 aromatic heterocycles. The van der Waals surface area contributed by atoms with Crippen LogP contribution in [-0.2, 0) is 10.0 Å². The second kappa shape index (κ2) is 7.25. The van der Waals surface area contributed by atoms with Crippen LogP contribution in [0.25, 0.3) is 0 Å². The fraction of sp³-hybridized carbons (Fsp3) is 0.278. The van der Waals surface area contributed by atoms with Gasteiger partial charge in [-0.15, -0.1) is 0 Å². The zero-order valence-electron chi connectivity index (χ0n) is 14.6. The van der Waals surface area contributed by atoms with Gasteiger partial charge in [-0.1, -0.05) is 0 Å². The average Bonchev–Trinajstić information content (AvgIpc) is 2.75. The second-order valence-corrected chi connectivity index (χ2v) is 7.48. The van der Waals surface area contributed by atoms with Gasteiger partial charge < -0.3 is 14.4 Å². The Bertz CT molecular complexity index is 910. The van der Waals surface area contributed by atoms with E-state index in [9.17, 15) is 13.2 Å². The lowest BCUT2D eigenvalue weighted by molar-refractivity contribution is 0.0796. The molecule has 0 saturated carbocycles. The van der Waals surface area contributed by atoms with Crippen LogP contribution in [-0.4, -0.2) is 46.0 Å². The summed E-state index contributed by atoms with van der Waals surface area (Å²) in [7, 11) is -2.10. The van der Waals surface area contributed by atoms with Gasteiger partial charge in [0.15, 0.2) is 0 Å². The quantitative estimate of drug-likeness (QED) is 0.866. The molecule has 2 aromatic carbocycles. The number of nitrogens with one attached hydrogen (secondary N) is 1. The molecule has 26 heavy (non-hydrogen) atoms. The van der Waals surface area contributed by atoms with Crippen LogP contribution in [0, 0.1) is 0 Å². The third kappa shape index (κ3) is 3.75. The molecule has 2 aromatic rings. The lowest BCUT2D eigenvalue weighted by Crippen LogP contribution is -2.27. The molecule has 0 bridgehead atoms. The minimum Gasteiger partial charge on any atom is -0.494 e. The minimum atomic E-state index is -3.78. The van der Waals surface area contributed by atoms with Crippen molar-refractivity contribution in [2.45, 2.75) is 11.8 Å². The lowest BCUT2D eigenvalue weighted by atomic mass is 10.1. The molecule has 0 aliphatic carbocycles. The largest absolute Gasteiger partial charge is 0.494 e. The van der Waals surface area contributed by atoms with E-state index in [-0.39, 0.29) is 10.8 Å². The van der Waals surface area contributed by atoms with Gasteiger partial charge in [0.1, 0.15) is 18.1 Å². The summed E-state index contributed by atoms with van der Waals surface area (Å²) in [5.74, 6) is 0.838. The van der Waals surface area contributed by atoms with Crippen LogP contribution >= 0.6 is 0 Å². The first-order valence-corrected chi connectivity index (χ1v) is 9.67. The number of hydrogen-bond acceptors (Lipinski definition) is 5. The Labute approximate surface area is 152 Å². The van der Waals surface area contributed by atoms with E-state index in [1.54, 1.807) is 31.3 Å². The maximum atomic E-state index is 12.6. The highest BCUT2D eigenvalue weighted by molar-refractivity contribution is 7.92. The molecule has 0 unspecified atom stereocenters. The van der Waals surface area contributed by atoms with Crippen molar-refractivity contribution < 1.29 is 22.7 Å². The van der Waals surface area contributed by atoms with Crippen molar-refractivity contribution in [2.24, 2.45) is 0 Å². The molecule has 7 nitrogen and oxygen atoms in total. The van der Waals surface area contributed by atoms with Gasteiger partial charge in [0.25, 0.3) is 15.9 Å². The van der Waals surface area contributed by atoms with Crippen LogP contribution in [0.4, 0.5) is 5.69 Å². The summed E-state index contributed by atoms with van der Waals surface area (Å²) in [6.45, 7) is 3.23. The Morgan fingerprint density at radius 2 is 1.92 bits per heavy atom. The molecule has 0 radical (unpaired) electrons. The second-order valence-electron chi connectivity index (χ2n) is 5.80. The topological polar surface area (TPSA) is 84.9 Å². The highest BCUT2D eigenvalue weighted by Crippen LogP contribution is 2.27. The number of sulfonamides is 1. The van der Waals surface area contributed by atoms with Crippen LogP contribution < -0.4 is 14.2 Å². The number of amides is 1. The van der Waals surface area contributed by atoms with E-state index in [4.69, 9.17) is 9.47 Å². The zero-order chi connectivity index (χ0) is 18.7. The smallest absolute Gasteiger partial charge is 0.261 e. The van der Waals surface area contributed by atoms with Crippen molar-refractivity contribution in [1.82, 2.24) is 4.90 Å². The molecular formula is C18H20N2O5S. The Morgan fingerprint density at radius 3 is 2.62 bits per heavy atom. The Kier molecular flexibility index (Phi) is 5.03. The van der Waals surface area contributed by atoms with Gasteiger partial charge in [-0.3, -0.25) is 9.52 Å². The summed E-state index contributed by atoms with van der Waals surface area (Å²) in [6.07, 6.45) is 0. The molecule has 0 saturated heterocycles. The predicted molar refractivity (Wildman–Crippen MR) is 97.3 cm³/mol. The molecule has 0 atom stereocenters. The number of nitrogens with zero attached hydrogens (tertiary/aromatic N) is 1. The van der Waals surface area contributed by atoms with E-state index in [2.05, 4.69) is 4.72 Å². The maximum Gasteiger partial charge on any atom is 0.261 e. The molecule has 0 fully saturated rings. The monoisotopic (exact) mass is 376 g/mol. The van der Waals surface area contributed by atoms with E-state index in [0.717, 1.165) is 0 Å². The predicted octanol–water partition coefficient (Wildman–Crippen LogP) is 2.35. The van der Waals surface area contributed by atoms with E-state index < -0.39 is 10.0 Å². The van der Waals surface area contributed by atoms with E-state index in [0.29, 0.717) is 42.5 Å². The summed E-state index contributed by atoms with van der Waals surface area (Å²) < 4.78 is 38.5. The summed E-state index contributed by atoms with van der Waals surface area (Å²) in [4.78, 5) is 14.0. The van der Waals surface area contributed by atoms with Crippen LogP contribution in [0.1, 0.15) is 17.3 Å². The van der Waals surface area contributed by atoms with E-state index in [1.807, 2.05) is 6.92 Å². The number of likely N-dealkylation sites (N-methyl/N-ethyl adjacent to an activating group) is 1. The van der Waals surface area contributed by atoms with Crippen LogP contribution in [0.5, 0.6) is 11.5 Å². The van der Waals surface area contributed by atoms with Crippen molar-refractivity contribution in [3.63, 3.8) is 0 Å². The molecule has 8 heteroatoms. The standard InChI is InChI=1S/C18H20N2O5S/c1-3-24-14-5-7-15(8-6-14)26(22,23)19-13-4-9-17-16(12-13)18(21)20(2)10-11-25-17/h4-9,12,19H,3,10-11H2,1-2H3. The third-order valence-electron chi connectivity index (χ3n) is 3.94. The summed E-state index contributed by atoms with van der Waals surface area (Å²) in [5, 5.41) is 0. The van der Waals surface area contributed by atoms with Crippen LogP contribution in [0.15, 0.2) is 47.4 Å². The number of carbonyl (C=O) groups is 1. The first-order chi connectivity index (χ1) is 12.4. The minimum absolute atomic E-state index is 0.107. The molecule has 1 N–H and O–H groups in total. The van der Waals surface area contributed by atoms with Gasteiger partial charge in [0.05, 0.1) is 23.6 Å². The van der Waals surface area contributed by atoms with Gasteiger partial charge in [-0.25, -0.2) is 8.42 Å². The van der Waals surface area contributed by atoms with E-state index in [1.165, 1.54) is 23.1 Å². The first kappa shape index (κ1) is 18.1.